The third kappa shape index (κ3) is 4.36. The van der Waals surface area contributed by atoms with Crippen LogP contribution in [0.15, 0.2) is 12.1 Å². The lowest BCUT2D eigenvalue weighted by Crippen LogP contribution is -2.28. The molecule has 4 nitrogen and oxygen atoms in total. The molecule has 0 heterocycles. The van der Waals surface area contributed by atoms with Crippen molar-refractivity contribution in [1.82, 2.24) is 0 Å². The number of ketones is 2. The highest BCUT2D eigenvalue weighted by atomic mass is 16.5. The first-order valence-electron chi connectivity index (χ1n) is 9.23. The third-order valence-corrected chi connectivity index (χ3v) is 5.08. The first-order chi connectivity index (χ1) is 11.9. The fourth-order valence-electron chi connectivity index (χ4n) is 3.83. The second-order valence-electron chi connectivity index (χ2n) is 6.82. The normalized spacial score (nSPS) is 19.9. The third-order valence-electron chi connectivity index (χ3n) is 5.08. The standard InChI is InChI=1S/C21H28O4/c1-5-14-8-13(4)9-15(6-2)17(14)12-20(23)18-10-16(22)11-19(18)21(24)25-7-3/h8-9,18-19H,5-7,10-12H2,1-4H3/t18-,19+/m0/s1. The molecule has 0 amide bonds. The van der Waals surface area contributed by atoms with Gasteiger partial charge in [-0.05, 0) is 43.4 Å². The van der Waals surface area contributed by atoms with Crippen LogP contribution in [0.5, 0.6) is 0 Å². The number of hydrogen-bond acceptors (Lipinski definition) is 4. The number of carbonyl (C=O) groups excluding carboxylic acids is 3. The summed E-state index contributed by atoms with van der Waals surface area (Å²) in [5, 5.41) is 0. The van der Waals surface area contributed by atoms with Crippen LogP contribution in [0, 0.1) is 18.8 Å². The summed E-state index contributed by atoms with van der Waals surface area (Å²) in [6, 6.07) is 4.26. The van der Waals surface area contributed by atoms with Crippen molar-refractivity contribution in [2.75, 3.05) is 6.61 Å². The van der Waals surface area contributed by atoms with E-state index >= 15 is 0 Å². The maximum Gasteiger partial charge on any atom is 0.310 e. The van der Waals surface area contributed by atoms with Crippen LogP contribution in [0.2, 0.25) is 0 Å². The molecule has 25 heavy (non-hydrogen) atoms. The van der Waals surface area contributed by atoms with Gasteiger partial charge in [0.05, 0.1) is 12.5 Å². The van der Waals surface area contributed by atoms with Crippen molar-refractivity contribution in [1.29, 1.82) is 0 Å². The summed E-state index contributed by atoms with van der Waals surface area (Å²) in [5.41, 5.74) is 4.64. The van der Waals surface area contributed by atoms with Gasteiger partial charge in [-0.25, -0.2) is 0 Å². The fourth-order valence-corrected chi connectivity index (χ4v) is 3.83. The van der Waals surface area contributed by atoms with Crippen LogP contribution >= 0.6 is 0 Å². The van der Waals surface area contributed by atoms with Crippen molar-refractivity contribution in [2.24, 2.45) is 11.8 Å². The zero-order valence-electron chi connectivity index (χ0n) is 15.7. The predicted octanol–water partition coefficient (Wildman–Crippen LogP) is 3.39. The Balaban J connectivity index is 2.26. The summed E-state index contributed by atoms with van der Waals surface area (Å²) >= 11 is 0. The second-order valence-corrected chi connectivity index (χ2v) is 6.82. The first kappa shape index (κ1) is 19.4. The fraction of sp³-hybridized carbons (Fsp3) is 0.571. The zero-order valence-corrected chi connectivity index (χ0v) is 15.7. The smallest absolute Gasteiger partial charge is 0.310 e. The van der Waals surface area contributed by atoms with Gasteiger partial charge in [0.25, 0.3) is 0 Å². The van der Waals surface area contributed by atoms with E-state index in [1.165, 1.54) is 16.7 Å². The minimum absolute atomic E-state index is 0.0165. The average molecular weight is 344 g/mol. The van der Waals surface area contributed by atoms with Gasteiger partial charge in [-0.1, -0.05) is 31.5 Å². The van der Waals surface area contributed by atoms with Crippen molar-refractivity contribution in [3.63, 3.8) is 0 Å². The Morgan fingerprint density at radius 2 is 1.60 bits per heavy atom. The van der Waals surface area contributed by atoms with Crippen molar-refractivity contribution >= 4 is 17.5 Å². The topological polar surface area (TPSA) is 60.4 Å². The molecule has 0 N–H and O–H groups in total. The Morgan fingerprint density at radius 1 is 1.04 bits per heavy atom. The van der Waals surface area contributed by atoms with E-state index in [-0.39, 0.29) is 31.0 Å². The van der Waals surface area contributed by atoms with Crippen molar-refractivity contribution in [2.45, 2.75) is 59.8 Å². The van der Waals surface area contributed by atoms with E-state index in [9.17, 15) is 14.4 Å². The molecule has 1 aliphatic rings. The van der Waals surface area contributed by atoms with Gasteiger partial charge in [0.15, 0.2) is 0 Å². The summed E-state index contributed by atoms with van der Waals surface area (Å²) < 4.78 is 5.07. The van der Waals surface area contributed by atoms with Gasteiger partial charge in [-0.3, -0.25) is 14.4 Å². The highest BCUT2D eigenvalue weighted by Gasteiger charge is 2.42. The van der Waals surface area contributed by atoms with Crippen LogP contribution in [-0.4, -0.2) is 24.1 Å². The molecule has 0 aromatic heterocycles. The number of hydrogen-bond donors (Lipinski definition) is 0. The SMILES string of the molecule is CCOC(=O)[C@@H]1CC(=O)C[C@@H]1C(=O)Cc1c(CC)cc(C)cc1CC. The Kier molecular flexibility index (Phi) is 6.51. The van der Waals surface area contributed by atoms with E-state index in [1.807, 2.05) is 0 Å². The van der Waals surface area contributed by atoms with E-state index in [4.69, 9.17) is 4.74 Å². The molecule has 2 atom stereocenters. The van der Waals surface area contributed by atoms with E-state index in [0.717, 1.165) is 18.4 Å². The molecule has 2 rings (SSSR count). The van der Waals surface area contributed by atoms with Crippen LogP contribution in [0.25, 0.3) is 0 Å². The molecule has 1 fully saturated rings. The molecular weight excluding hydrogens is 316 g/mol. The maximum absolute atomic E-state index is 12.9. The number of Topliss-reactive ketones (excluding diaryl/α,β-unsaturated/α-hetero) is 2. The first-order valence-corrected chi connectivity index (χ1v) is 9.23. The van der Waals surface area contributed by atoms with Crippen LogP contribution < -0.4 is 0 Å². The minimum atomic E-state index is -0.611. The number of aryl methyl sites for hydroxylation is 3. The molecule has 0 aliphatic heterocycles. The van der Waals surface area contributed by atoms with E-state index in [2.05, 4.69) is 32.9 Å². The molecule has 136 valence electrons. The monoisotopic (exact) mass is 344 g/mol. The van der Waals surface area contributed by atoms with Crippen molar-refractivity contribution in [3.8, 4) is 0 Å². The van der Waals surface area contributed by atoms with Crippen LogP contribution in [0.4, 0.5) is 0 Å². The molecule has 4 heteroatoms. The Labute approximate surface area is 149 Å². The molecule has 0 bridgehead atoms. The molecule has 1 saturated carbocycles. The lowest BCUT2D eigenvalue weighted by molar-refractivity contribution is -0.151. The summed E-state index contributed by atoms with van der Waals surface area (Å²) in [6.07, 6.45) is 2.31. The van der Waals surface area contributed by atoms with E-state index in [1.54, 1.807) is 6.92 Å². The van der Waals surface area contributed by atoms with Gasteiger partial charge in [0, 0.05) is 25.2 Å². The van der Waals surface area contributed by atoms with Gasteiger partial charge >= 0.3 is 5.97 Å². The predicted molar refractivity (Wildman–Crippen MR) is 96.5 cm³/mol. The maximum atomic E-state index is 12.9. The molecule has 1 aliphatic carbocycles. The molecular formula is C21H28O4. The lowest BCUT2D eigenvalue weighted by atomic mass is 9.85. The lowest BCUT2D eigenvalue weighted by Gasteiger charge is -2.19. The summed E-state index contributed by atoms with van der Waals surface area (Å²) in [5.74, 6) is -1.60. The van der Waals surface area contributed by atoms with E-state index in [0.29, 0.717) is 6.42 Å². The van der Waals surface area contributed by atoms with Crippen LogP contribution in [-0.2, 0) is 38.4 Å². The number of esters is 1. The summed E-state index contributed by atoms with van der Waals surface area (Å²) in [7, 11) is 0. The highest BCUT2D eigenvalue weighted by molar-refractivity contribution is 5.98. The summed E-state index contributed by atoms with van der Waals surface area (Å²) in [6.45, 7) is 8.24. The Bertz CT molecular complexity index is 649. The number of rotatable bonds is 7. The van der Waals surface area contributed by atoms with Crippen molar-refractivity contribution in [3.05, 3.63) is 34.4 Å². The van der Waals surface area contributed by atoms with Gasteiger partial charge in [-0.15, -0.1) is 0 Å². The Hall–Kier alpha value is -1.97. The van der Waals surface area contributed by atoms with Gasteiger partial charge in [0.2, 0.25) is 0 Å². The molecule has 1 aromatic rings. The molecule has 0 radical (unpaired) electrons. The largest absolute Gasteiger partial charge is 0.466 e. The minimum Gasteiger partial charge on any atom is -0.466 e. The van der Waals surface area contributed by atoms with Gasteiger partial charge in [0.1, 0.15) is 11.6 Å². The second kappa shape index (κ2) is 8.41. The van der Waals surface area contributed by atoms with Crippen LogP contribution in [0.1, 0.15) is 55.9 Å². The van der Waals surface area contributed by atoms with Gasteiger partial charge in [-0.2, -0.15) is 0 Å². The highest BCUT2D eigenvalue weighted by Crippen LogP contribution is 2.33. The number of carbonyl (C=O) groups is 3. The zero-order chi connectivity index (χ0) is 18.6. The number of ether oxygens (including phenoxy) is 1. The molecule has 0 saturated heterocycles. The number of benzene rings is 1. The Morgan fingerprint density at radius 3 is 2.12 bits per heavy atom. The summed E-state index contributed by atoms with van der Waals surface area (Å²) in [4.78, 5) is 36.9. The van der Waals surface area contributed by atoms with Gasteiger partial charge < -0.3 is 4.74 Å². The molecule has 0 spiro atoms. The van der Waals surface area contributed by atoms with Crippen LogP contribution in [0.3, 0.4) is 0 Å². The molecule has 0 unspecified atom stereocenters. The molecule has 1 aromatic carbocycles. The quantitative estimate of drug-likeness (QED) is 0.711. The van der Waals surface area contributed by atoms with E-state index < -0.39 is 17.8 Å². The van der Waals surface area contributed by atoms with Crippen molar-refractivity contribution < 1.29 is 19.1 Å². The average Bonchev–Trinajstić information content (AvgIpc) is 2.98.